The molecule has 9 nitrogen and oxygen atoms in total. The van der Waals surface area contributed by atoms with Gasteiger partial charge >= 0.3 is 0 Å². The molecular weight excluding hydrogens is 440 g/mol. The first-order valence-corrected chi connectivity index (χ1v) is 11.2. The first-order chi connectivity index (χ1) is 15.9. The van der Waals surface area contributed by atoms with Crippen LogP contribution in [0.5, 0.6) is 0 Å². The lowest BCUT2D eigenvalue weighted by Crippen LogP contribution is -2.15. The average Bonchev–Trinajstić information content (AvgIpc) is 3.51. The van der Waals surface area contributed by atoms with Crippen LogP contribution >= 0.6 is 11.3 Å². The summed E-state index contributed by atoms with van der Waals surface area (Å²) < 4.78 is 7.43. The van der Waals surface area contributed by atoms with E-state index in [1.807, 2.05) is 49.6 Å². The van der Waals surface area contributed by atoms with E-state index in [1.165, 1.54) is 17.5 Å². The molecule has 0 spiro atoms. The Morgan fingerprint density at radius 3 is 2.82 bits per heavy atom. The molecule has 0 bridgehead atoms. The highest BCUT2D eigenvalue weighted by molar-refractivity contribution is 7.14. The minimum absolute atomic E-state index is 0.155. The second-order valence-corrected chi connectivity index (χ2v) is 8.51. The van der Waals surface area contributed by atoms with Crippen molar-refractivity contribution in [1.82, 2.24) is 19.6 Å². The first-order valence-electron chi connectivity index (χ1n) is 10.3. The number of nitrogens with zero attached hydrogens (tertiary/aromatic N) is 4. The normalized spacial score (nSPS) is 11.3. The van der Waals surface area contributed by atoms with Crippen molar-refractivity contribution in [3.63, 3.8) is 0 Å². The number of primary amides is 1. The molecule has 166 valence electrons. The number of nitrogens with one attached hydrogen (secondary N) is 1. The number of aryl methyl sites for hydroxylation is 2. The number of amides is 2. The molecule has 0 aliphatic carbocycles. The third-order valence-corrected chi connectivity index (χ3v) is 6.26. The van der Waals surface area contributed by atoms with Gasteiger partial charge in [-0.15, -0.1) is 11.3 Å². The fraction of sp³-hybridized carbons (Fsp3) is 0.174. The summed E-state index contributed by atoms with van der Waals surface area (Å²) in [6, 6.07) is 9.69. The van der Waals surface area contributed by atoms with E-state index < -0.39 is 5.91 Å². The zero-order valence-electron chi connectivity index (χ0n) is 18.0. The second kappa shape index (κ2) is 8.14. The highest BCUT2D eigenvalue weighted by Gasteiger charge is 2.18. The molecule has 5 rings (SSSR count). The zero-order chi connectivity index (χ0) is 23.1. The minimum Gasteiger partial charge on any atom is -0.454 e. The van der Waals surface area contributed by atoms with E-state index in [0.29, 0.717) is 28.7 Å². The molecule has 0 aliphatic rings. The van der Waals surface area contributed by atoms with E-state index in [1.54, 1.807) is 4.52 Å². The lowest BCUT2D eigenvalue weighted by atomic mass is 10.1. The van der Waals surface area contributed by atoms with Crippen molar-refractivity contribution in [3.05, 3.63) is 64.4 Å². The first kappa shape index (κ1) is 20.8. The standard InChI is InChI=1S/C23H20N6O3S/c1-12-15(13(2)29-22(26-12)16(10-25-29)21(24)31)7-8-20(30)28-23-27-17(11-33-23)19-9-14-5-3-4-6-18(14)32-19/h3-6,9-11H,7-8H2,1-2H3,(H2,24,31)(H,27,28,30). The van der Waals surface area contributed by atoms with Gasteiger partial charge in [-0.2, -0.15) is 5.10 Å². The predicted octanol–water partition coefficient (Wildman–Crippen LogP) is 3.89. The van der Waals surface area contributed by atoms with Gasteiger partial charge in [-0.05, 0) is 38.0 Å². The molecule has 0 atom stereocenters. The van der Waals surface area contributed by atoms with Gasteiger partial charge in [0.15, 0.2) is 16.5 Å². The van der Waals surface area contributed by atoms with Crippen molar-refractivity contribution in [2.75, 3.05) is 5.32 Å². The number of para-hydroxylation sites is 1. The maximum Gasteiger partial charge on any atom is 0.254 e. The lowest BCUT2D eigenvalue weighted by Gasteiger charge is -2.11. The molecule has 4 aromatic heterocycles. The lowest BCUT2D eigenvalue weighted by molar-refractivity contribution is -0.116. The van der Waals surface area contributed by atoms with Gasteiger partial charge < -0.3 is 15.5 Å². The van der Waals surface area contributed by atoms with E-state index in [9.17, 15) is 9.59 Å². The Morgan fingerprint density at radius 1 is 1.21 bits per heavy atom. The van der Waals surface area contributed by atoms with Crippen molar-refractivity contribution >= 4 is 44.9 Å². The summed E-state index contributed by atoms with van der Waals surface area (Å²) in [5.74, 6) is -0.0697. The van der Waals surface area contributed by atoms with Crippen molar-refractivity contribution in [1.29, 1.82) is 0 Å². The SMILES string of the molecule is Cc1nc2c(C(N)=O)cnn2c(C)c1CCC(=O)Nc1nc(-c2cc3ccccc3o2)cs1. The molecule has 0 unspecified atom stereocenters. The number of fused-ring (bicyclic) bond motifs is 2. The van der Waals surface area contributed by atoms with Crippen LogP contribution in [0.1, 0.15) is 33.7 Å². The highest BCUT2D eigenvalue weighted by atomic mass is 32.1. The summed E-state index contributed by atoms with van der Waals surface area (Å²) in [5.41, 5.74) is 10.0. The van der Waals surface area contributed by atoms with Crippen molar-refractivity contribution in [2.45, 2.75) is 26.7 Å². The number of nitrogens with two attached hydrogens (primary N) is 1. The number of thiazole rings is 1. The van der Waals surface area contributed by atoms with Crippen LogP contribution < -0.4 is 11.1 Å². The topological polar surface area (TPSA) is 128 Å². The molecule has 33 heavy (non-hydrogen) atoms. The summed E-state index contributed by atoms with van der Waals surface area (Å²) in [6.45, 7) is 3.73. The Kier molecular flexibility index (Phi) is 5.14. The Bertz CT molecular complexity index is 1500. The number of anilines is 1. The summed E-state index contributed by atoms with van der Waals surface area (Å²) in [4.78, 5) is 33.1. The Morgan fingerprint density at radius 2 is 2.03 bits per heavy atom. The van der Waals surface area contributed by atoms with Gasteiger partial charge in [0.1, 0.15) is 16.8 Å². The highest BCUT2D eigenvalue weighted by Crippen LogP contribution is 2.30. The fourth-order valence-electron chi connectivity index (χ4n) is 3.82. The van der Waals surface area contributed by atoms with Gasteiger partial charge in [-0.3, -0.25) is 9.59 Å². The third-order valence-electron chi connectivity index (χ3n) is 5.50. The zero-order valence-corrected chi connectivity index (χ0v) is 18.8. The van der Waals surface area contributed by atoms with Crippen LogP contribution in [0.2, 0.25) is 0 Å². The van der Waals surface area contributed by atoms with E-state index >= 15 is 0 Å². The van der Waals surface area contributed by atoms with E-state index in [0.717, 1.165) is 27.9 Å². The van der Waals surface area contributed by atoms with Crippen molar-refractivity contribution < 1.29 is 14.0 Å². The number of hydrogen-bond donors (Lipinski definition) is 2. The molecule has 5 aromatic rings. The van der Waals surface area contributed by atoms with Crippen LogP contribution in [-0.4, -0.2) is 31.4 Å². The minimum atomic E-state index is -0.575. The number of furan rings is 1. The maximum absolute atomic E-state index is 12.6. The molecule has 10 heteroatoms. The largest absolute Gasteiger partial charge is 0.454 e. The number of aromatic nitrogens is 4. The van der Waals surface area contributed by atoms with Crippen LogP contribution in [0.3, 0.4) is 0 Å². The molecule has 4 heterocycles. The van der Waals surface area contributed by atoms with Crippen LogP contribution in [0.4, 0.5) is 5.13 Å². The summed E-state index contributed by atoms with van der Waals surface area (Å²) in [7, 11) is 0. The number of hydrogen-bond acceptors (Lipinski definition) is 7. The third kappa shape index (κ3) is 3.85. The Hall–Kier alpha value is -4.05. The van der Waals surface area contributed by atoms with Crippen LogP contribution in [0.15, 0.2) is 46.3 Å². The number of rotatable bonds is 6. The van der Waals surface area contributed by atoms with Crippen molar-refractivity contribution in [3.8, 4) is 11.5 Å². The van der Waals surface area contributed by atoms with Gasteiger partial charge in [-0.25, -0.2) is 14.5 Å². The molecule has 0 saturated heterocycles. The molecule has 0 saturated carbocycles. The predicted molar refractivity (Wildman–Crippen MR) is 125 cm³/mol. The molecular formula is C23H20N6O3S. The van der Waals surface area contributed by atoms with Gasteiger partial charge in [0.2, 0.25) is 5.91 Å². The Labute approximate surface area is 192 Å². The van der Waals surface area contributed by atoms with E-state index in [4.69, 9.17) is 10.2 Å². The van der Waals surface area contributed by atoms with Crippen LogP contribution in [0.25, 0.3) is 28.1 Å². The monoisotopic (exact) mass is 460 g/mol. The van der Waals surface area contributed by atoms with Crippen LogP contribution in [-0.2, 0) is 11.2 Å². The molecule has 1 aromatic carbocycles. The van der Waals surface area contributed by atoms with Gasteiger partial charge in [0.05, 0.1) is 6.20 Å². The van der Waals surface area contributed by atoms with E-state index in [-0.39, 0.29) is 17.9 Å². The summed E-state index contributed by atoms with van der Waals surface area (Å²) in [5, 5.41) is 10.4. The smallest absolute Gasteiger partial charge is 0.254 e. The Balaban J connectivity index is 1.28. The molecule has 0 aliphatic heterocycles. The maximum atomic E-state index is 12.6. The fourth-order valence-corrected chi connectivity index (χ4v) is 4.54. The molecule has 0 fully saturated rings. The second-order valence-electron chi connectivity index (χ2n) is 7.65. The average molecular weight is 461 g/mol. The van der Waals surface area contributed by atoms with Crippen molar-refractivity contribution in [2.24, 2.45) is 5.73 Å². The molecule has 0 radical (unpaired) electrons. The summed E-state index contributed by atoms with van der Waals surface area (Å²) in [6.07, 6.45) is 2.13. The molecule has 3 N–H and O–H groups in total. The number of carbonyl (C=O) groups is 2. The van der Waals surface area contributed by atoms with E-state index in [2.05, 4.69) is 20.4 Å². The quantitative estimate of drug-likeness (QED) is 0.396. The van der Waals surface area contributed by atoms with Gasteiger partial charge in [0, 0.05) is 28.6 Å². The van der Waals surface area contributed by atoms with Gasteiger partial charge in [-0.1, -0.05) is 18.2 Å². The summed E-state index contributed by atoms with van der Waals surface area (Å²) >= 11 is 1.34. The molecule has 2 amide bonds. The number of benzene rings is 1. The van der Waals surface area contributed by atoms with Gasteiger partial charge in [0.25, 0.3) is 5.91 Å². The number of carbonyl (C=O) groups excluding carboxylic acids is 2. The van der Waals surface area contributed by atoms with Crippen LogP contribution in [0, 0.1) is 13.8 Å².